The first-order chi connectivity index (χ1) is 6.86. The number of hydrogen-bond acceptors (Lipinski definition) is 0. The van der Waals surface area contributed by atoms with Gasteiger partial charge in [0.2, 0.25) is 0 Å². The standard InChI is InChI=1S/C15H20/c1-7-12(3)13-9-8-11(2)10-14(13)15(4,5)6/h8-10H,1H2,2-6H3. The first-order valence-electron chi connectivity index (χ1n) is 5.34. The molecule has 0 heteroatoms. The zero-order valence-electron chi connectivity index (χ0n) is 10.4. The van der Waals surface area contributed by atoms with Crippen LogP contribution < -0.4 is 0 Å². The van der Waals surface area contributed by atoms with Crippen molar-refractivity contribution in [3.05, 3.63) is 47.2 Å². The molecule has 0 spiro atoms. The summed E-state index contributed by atoms with van der Waals surface area (Å²) in [7, 11) is 0. The molecule has 1 aromatic rings. The van der Waals surface area contributed by atoms with Gasteiger partial charge in [-0.05, 0) is 36.0 Å². The highest BCUT2D eigenvalue weighted by Gasteiger charge is 2.18. The van der Waals surface area contributed by atoms with E-state index in [2.05, 4.69) is 65.1 Å². The molecule has 0 N–H and O–H groups in total. The molecular weight excluding hydrogens is 180 g/mol. The van der Waals surface area contributed by atoms with E-state index in [9.17, 15) is 0 Å². The molecule has 0 radical (unpaired) electrons. The lowest BCUT2D eigenvalue weighted by Gasteiger charge is -2.23. The molecule has 1 aromatic carbocycles. The molecule has 0 bridgehead atoms. The van der Waals surface area contributed by atoms with Crippen LogP contribution in [-0.4, -0.2) is 0 Å². The van der Waals surface area contributed by atoms with Crippen molar-refractivity contribution < 1.29 is 0 Å². The predicted molar refractivity (Wildman–Crippen MR) is 68.1 cm³/mol. The minimum atomic E-state index is 0.166. The normalized spacial score (nSPS) is 11.0. The molecule has 0 heterocycles. The molecule has 15 heavy (non-hydrogen) atoms. The molecule has 0 unspecified atom stereocenters. The van der Waals surface area contributed by atoms with Crippen molar-refractivity contribution in [2.24, 2.45) is 0 Å². The van der Waals surface area contributed by atoms with Crippen LogP contribution in [0.5, 0.6) is 0 Å². The van der Waals surface area contributed by atoms with Crippen molar-refractivity contribution in [3.63, 3.8) is 0 Å². The van der Waals surface area contributed by atoms with Gasteiger partial charge < -0.3 is 0 Å². The van der Waals surface area contributed by atoms with Crippen LogP contribution in [0.15, 0.2) is 30.5 Å². The third-order valence-corrected chi connectivity index (χ3v) is 2.65. The second-order valence-electron chi connectivity index (χ2n) is 5.10. The Hall–Kier alpha value is -1.26. The van der Waals surface area contributed by atoms with E-state index in [1.54, 1.807) is 0 Å². The summed E-state index contributed by atoms with van der Waals surface area (Å²) in [4.78, 5) is 0. The lowest BCUT2D eigenvalue weighted by atomic mass is 9.81. The molecule has 0 nitrogen and oxygen atoms in total. The van der Waals surface area contributed by atoms with Crippen molar-refractivity contribution in [2.45, 2.75) is 40.0 Å². The van der Waals surface area contributed by atoms with Crippen molar-refractivity contribution >= 4 is 5.57 Å². The maximum atomic E-state index is 3.72. The first kappa shape index (κ1) is 11.8. The van der Waals surface area contributed by atoms with E-state index in [0.717, 1.165) is 5.57 Å². The van der Waals surface area contributed by atoms with E-state index in [-0.39, 0.29) is 5.41 Å². The zero-order valence-corrected chi connectivity index (χ0v) is 10.4. The molecule has 80 valence electrons. The molecule has 0 aliphatic rings. The average Bonchev–Trinajstić information content (AvgIpc) is 2.15. The van der Waals surface area contributed by atoms with E-state index >= 15 is 0 Å². The summed E-state index contributed by atoms with van der Waals surface area (Å²) in [6.07, 6.45) is 0. The van der Waals surface area contributed by atoms with Gasteiger partial charge in [0.05, 0.1) is 0 Å². The van der Waals surface area contributed by atoms with Gasteiger partial charge in [-0.25, -0.2) is 0 Å². The van der Waals surface area contributed by atoms with E-state index < -0.39 is 0 Å². The zero-order chi connectivity index (χ0) is 11.6. The molecule has 0 atom stereocenters. The van der Waals surface area contributed by atoms with Crippen LogP contribution in [0.3, 0.4) is 0 Å². The van der Waals surface area contributed by atoms with E-state index in [1.807, 2.05) is 0 Å². The topological polar surface area (TPSA) is 0 Å². The van der Waals surface area contributed by atoms with Crippen molar-refractivity contribution in [1.29, 1.82) is 0 Å². The monoisotopic (exact) mass is 200 g/mol. The predicted octanol–water partition coefficient (Wildman–Crippen LogP) is 4.48. The largest absolute Gasteiger partial charge is 0.125 e. The van der Waals surface area contributed by atoms with Gasteiger partial charge in [0, 0.05) is 0 Å². The summed E-state index contributed by atoms with van der Waals surface area (Å²) in [6, 6.07) is 6.57. The van der Waals surface area contributed by atoms with E-state index in [1.165, 1.54) is 16.7 Å². The van der Waals surface area contributed by atoms with Gasteiger partial charge in [-0.2, -0.15) is 0 Å². The quantitative estimate of drug-likeness (QED) is 0.586. The highest BCUT2D eigenvalue weighted by Crippen LogP contribution is 2.30. The fourth-order valence-electron chi connectivity index (χ4n) is 1.70. The summed E-state index contributed by atoms with van der Waals surface area (Å²) in [6.45, 7) is 14.6. The number of aryl methyl sites for hydroxylation is 1. The Morgan fingerprint density at radius 3 is 2.33 bits per heavy atom. The average molecular weight is 200 g/mol. The summed E-state index contributed by atoms with van der Waals surface area (Å²) in [5.41, 5.74) is 8.22. The Kier molecular flexibility index (Phi) is 3.21. The minimum absolute atomic E-state index is 0.166. The van der Waals surface area contributed by atoms with Crippen molar-refractivity contribution in [1.82, 2.24) is 0 Å². The number of hydrogen-bond donors (Lipinski definition) is 0. The maximum Gasteiger partial charge on any atom is -0.00223 e. The third-order valence-electron chi connectivity index (χ3n) is 2.65. The molecule has 0 aliphatic heterocycles. The highest BCUT2D eigenvalue weighted by atomic mass is 14.2. The van der Waals surface area contributed by atoms with E-state index in [0.29, 0.717) is 0 Å². The van der Waals surface area contributed by atoms with Gasteiger partial charge in [-0.1, -0.05) is 51.1 Å². The second-order valence-corrected chi connectivity index (χ2v) is 5.10. The SMILES string of the molecule is C=C=C(C)c1ccc(C)cc1C(C)(C)C. The summed E-state index contributed by atoms with van der Waals surface area (Å²) >= 11 is 0. The number of allylic oxidation sites excluding steroid dienone is 1. The fourth-order valence-corrected chi connectivity index (χ4v) is 1.70. The molecular formula is C15H20. The molecule has 0 aromatic heterocycles. The fraction of sp³-hybridized carbons (Fsp3) is 0.400. The van der Waals surface area contributed by atoms with Gasteiger partial charge in [0.25, 0.3) is 0 Å². The van der Waals surface area contributed by atoms with Crippen LogP contribution >= 0.6 is 0 Å². The third kappa shape index (κ3) is 2.61. The Bertz CT molecular complexity index is 410. The van der Waals surface area contributed by atoms with Crippen molar-refractivity contribution in [3.8, 4) is 0 Å². The van der Waals surface area contributed by atoms with E-state index in [4.69, 9.17) is 0 Å². The van der Waals surface area contributed by atoms with Crippen molar-refractivity contribution in [2.75, 3.05) is 0 Å². The second kappa shape index (κ2) is 4.08. The maximum absolute atomic E-state index is 3.72. The Morgan fingerprint density at radius 1 is 1.27 bits per heavy atom. The molecule has 0 aliphatic carbocycles. The molecule has 0 saturated heterocycles. The van der Waals surface area contributed by atoms with Crippen LogP contribution in [0.1, 0.15) is 44.4 Å². The van der Waals surface area contributed by atoms with Crippen LogP contribution in [0.4, 0.5) is 0 Å². The minimum Gasteiger partial charge on any atom is -0.125 e. The van der Waals surface area contributed by atoms with Gasteiger partial charge in [-0.15, -0.1) is 5.73 Å². The van der Waals surface area contributed by atoms with Gasteiger partial charge in [0.1, 0.15) is 0 Å². The van der Waals surface area contributed by atoms with Crippen LogP contribution in [0.25, 0.3) is 5.57 Å². The molecule has 0 fully saturated rings. The highest BCUT2D eigenvalue weighted by molar-refractivity contribution is 5.67. The Balaban J connectivity index is 3.47. The van der Waals surface area contributed by atoms with Gasteiger partial charge >= 0.3 is 0 Å². The van der Waals surface area contributed by atoms with Gasteiger partial charge in [-0.3, -0.25) is 0 Å². The molecule has 0 amide bonds. The van der Waals surface area contributed by atoms with Crippen LogP contribution in [-0.2, 0) is 5.41 Å². The smallest absolute Gasteiger partial charge is 0.00223 e. The lowest BCUT2D eigenvalue weighted by Crippen LogP contribution is -2.13. The number of benzene rings is 1. The Labute approximate surface area is 93.3 Å². The van der Waals surface area contributed by atoms with Crippen LogP contribution in [0.2, 0.25) is 0 Å². The summed E-state index contributed by atoms with van der Waals surface area (Å²) in [5.74, 6) is 0. The summed E-state index contributed by atoms with van der Waals surface area (Å²) in [5, 5.41) is 0. The molecule has 1 rings (SSSR count). The first-order valence-corrected chi connectivity index (χ1v) is 5.34. The summed E-state index contributed by atoms with van der Waals surface area (Å²) < 4.78 is 0. The van der Waals surface area contributed by atoms with Crippen LogP contribution in [0, 0.1) is 6.92 Å². The number of rotatable bonds is 1. The van der Waals surface area contributed by atoms with Gasteiger partial charge in [0.15, 0.2) is 0 Å². The molecule has 0 saturated carbocycles. The Morgan fingerprint density at radius 2 is 1.87 bits per heavy atom. The lowest BCUT2D eigenvalue weighted by molar-refractivity contribution is 0.588.